The molecule has 2 fully saturated rings. The molecule has 3 rings (SSSR count). The van der Waals surface area contributed by atoms with Gasteiger partial charge in [0.1, 0.15) is 0 Å². The van der Waals surface area contributed by atoms with Crippen LogP contribution in [-0.4, -0.2) is 36.0 Å². The minimum absolute atomic E-state index is 0. The molecule has 1 aliphatic heterocycles. The maximum Gasteiger partial charge on any atom is 0.222 e. The van der Waals surface area contributed by atoms with E-state index in [0.29, 0.717) is 12.5 Å². The van der Waals surface area contributed by atoms with E-state index in [1.54, 1.807) is 0 Å². The summed E-state index contributed by atoms with van der Waals surface area (Å²) in [6.45, 7) is 2.25. The summed E-state index contributed by atoms with van der Waals surface area (Å²) in [7, 11) is 0. The molecule has 1 saturated heterocycles. The summed E-state index contributed by atoms with van der Waals surface area (Å²) in [4.78, 5) is 14.9. The molecule has 4 nitrogen and oxygen atoms in total. The second kappa shape index (κ2) is 11.8. The van der Waals surface area contributed by atoms with Crippen LogP contribution < -0.4 is 11.1 Å². The molecular formula is C20H33Cl2N3O. The molecule has 0 radical (unpaired) electrons. The summed E-state index contributed by atoms with van der Waals surface area (Å²) in [6.07, 6.45) is 9.42. The van der Waals surface area contributed by atoms with Crippen molar-refractivity contribution < 1.29 is 4.79 Å². The van der Waals surface area contributed by atoms with Gasteiger partial charge in [-0.2, -0.15) is 0 Å². The zero-order valence-corrected chi connectivity index (χ0v) is 17.1. The highest BCUT2D eigenvalue weighted by molar-refractivity contribution is 5.85. The summed E-state index contributed by atoms with van der Waals surface area (Å²) < 4.78 is 0. The summed E-state index contributed by atoms with van der Waals surface area (Å²) in [5.74, 6) is 0.0856. The van der Waals surface area contributed by atoms with Crippen LogP contribution in [0.25, 0.3) is 0 Å². The van der Waals surface area contributed by atoms with Crippen molar-refractivity contribution in [3.8, 4) is 0 Å². The molecule has 3 N–H and O–H groups in total. The van der Waals surface area contributed by atoms with E-state index >= 15 is 0 Å². The number of nitrogens with one attached hydrogen (secondary N) is 1. The van der Waals surface area contributed by atoms with Crippen LogP contribution in [0.3, 0.4) is 0 Å². The monoisotopic (exact) mass is 401 g/mol. The number of carbonyl (C=O) groups excluding carboxylic acids is 1. The first kappa shape index (κ1) is 23.2. The zero-order valence-electron chi connectivity index (χ0n) is 15.4. The van der Waals surface area contributed by atoms with Gasteiger partial charge in [0.2, 0.25) is 5.91 Å². The number of nitrogens with two attached hydrogens (primary N) is 1. The van der Waals surface area contributed by atoms with E-state index in [9.17, 15) is 4.79 Å². The van der Waals surface area contributed by atoms with Crippen molar-refractivity contribution in [1.82, 2.24) is 10.2 Å². The molecule has 6 heteroatoms. The Hall–Kier alpha value is -0.810. The molecule has 2 aliphatic rings. The molecule has 0 bridgehead atoms. The molecule has 0 spiro atoms. The quantitative estimate of drug-likeness (QED) is 0.787. The first-order valence-corrected chi connectivity index (χ1v) is 9.56. The lowest BCUT2D eigenvalue weighted by Gasteiger charge is -2.39. The van der Waals surface area contributed by atoms with Gasteiger partial charge in [-0.3, -0.25) is 4.79 Å². The van der Waals surface area contributed by atoms with Crippen LogP contribution >= 0.6 is 24.8 Å². The van der Waals surface area contributed by atoms with Crippen LogP contribution in [0, 0.1) is 0 Å². The lowest BCUT2D eigenvalue weighted by molar-refractivity contribution is -0.122. The van der Waals surface area contributed by atoms with Gasteiger partial charge in [0.05, 0.1) is 0 Å². The third-order valence-electron chi connectivity index (χ3n) is 5.62. The summed E-state index contributed by atoms with van der Waals surface area (Å²) in [6, 6.07) is 10.8. The molecule has 0 aromatic heterocycles. The number of carbonyl (C=O) groups is 1. The predicted molar refractivity (Wildman–Crippen MR) is 112 cm³/mol. The summed E-state index contributed by atoms with van der Waals surface area (Å²) in [5, 5.41) is 3.20. The number of benzene rings is 1. The predicted octanol–water partition coefficient (Wildman–Crippen LogP) is 3.83. The van der Waals surface area contributed by atoms with Crippen LogP contribution in [0.1, 0.15) is 63.0 Å². The molecule has 1 aromatic carbocycles. The molecule has 148 valence electrons. The second-order valence-electron chi connectivity index (χ2n) is 7.39. The average Bonchev–Trinajstić information content (AvgIpc) is 2.64. The highest BCUT2D eigenvalue weighted by Gasteiger charge is 2.27. The summed E-state index contributed by atoms with van der Waals surface area (Å²) in [5.41, 5.74) is 7.18. The largest absolute Gasteiger partial charge is 0.353 e. The molecular weight excluding hydrogens is 369 g/mol. The van der Waals surface area contributed by atoms with Gasteiger partial charge in [-0.15, -0.1) is 24.8 Å². The molecule has 1 amide bonds. The number of halogens is 2. The van der Waals surface area contributed by atoms with Crippen LogP contribution in [0.5, 0.6) is 0 Å². The Bertz CT molecular complexity index is 515. The Kier molecular flexibility index (Phi) is 10.6. The van der Waals surface area contributed by atoms with Gasteiger partial charge in [-0.1, -0.05) is 49.6 Å². The maximum absolute atomic E-state index is 12.3. The van der Waals surface area contributed by atoms with Gasteiger partial charge >= 0.3 is 0 Å². The van der Waals surface area contributed by atoms with E-state index in [1.165, 1.54) is 32.1 Å². The van der Waals surface area contributed by atoms with Crippen molar-refractivity contribution in [3.63, 3.8) is 0 Å². The van der Waals surface area contributed by atoms with Gasteiger partial charge in [0.25, 0.3) is 0 Å². The van der Waals surface area contributed by atoms with Crippen LogP contribution in [0.2, 0.25) is 0 Å². The van der Waals surface area contributed by atoms with E-state index in [0.717, 1.165) is 37.5 Å². The van der Waals surface area contributed by atoms with E-state index < -0.39 is 0 Å². The fourth-order valence-electron chi connectivity index (χ4n) is 4.16. The second-order valence-corrected chi connectivity index (χ2v) is 7.39. The average molecular weight is 402 g/mol. The third-order valence-corrected chi connectivity index (χ3v) is 5.62. The first-order valence-electron chi connectivity index (χ1n) is 9.56. The molecule has 26 heavy (non-hydrogen) atoms. The van der Waals surface area contributed by atoms with Gasteiger partial charge in [-0.05, 0) is 31.2 Å². The normalized spacial score (nSPS) is 20.5. The SMILES string of the molecule is Cl.Cl.NC(CC(=O)NC1CCN(C2CCCCC2)CC1)c1ccccc1. The Labute approximate surface area is 170 Å². The van der Waals surface area contributed by atoms with Gasteiger partial charge in [0.15, 0.2) is 0 Å². The number of hydrogen-bond acceptors (Lipinski definition) is 3. The maximum atomic E-state index is 12.3. The molecule has 1 unspecified atom stereocenters. The Balaban J connectivity index is 0.00000169. The van der Waals surface area contributed by atoms with Gasteiger partial charge in [0, 0.05) is 37.6 Å². The lowest BCUT2D eigenvalue weighted by atomic mass is 9.92. The van der Waals surface area contributed by atoms with Crippen LogP contribution in [-0.2, 0) is 4.79 Å². The standard InChI is InChI=1S/C20H31N3O.2ClH/c21-19(16-7-3-1-4-8-16)15-20(24)22-17-11-13-23(14-12-17)18-9-5-2-6-10-18;;/h1,3-4,7-8,17-19H,2,5-6,9-15,21H2,(H,22,24);2*1H. The molecule has 1 aliphatic carbocycles. The summed E-state index contributed by atoms with van der Waals surface area (Å²) >= 11 is 0. The molecule has 1 saturated carbocycles. The topological polar surface area (TPSA) is 58.4 Å². The fourth-order valence-corrected chi connectivity index (χ4v) is 4.16. The van der Waals surface area contributed by atoms with E-state index in [2.05, 4.69) is 10.2 Å². The highest BCUT2D eigenvalue weighted by atomic mass is 35.5. The highest BCUT2D eigenvalue weighted by Crippen LogP contribution is 2.25. The number of likely N-dealkylation sites (tertiary alicyclic amines) is 1. The molecule has 1 atom stereocenters. The number of rotatable bonds is 5. The van der Waals surface area contributed by atoms with Crippen LogP contribution in [0.4, 0.5) is 0 Å². The van der Waals surface area contributed by atoms with Crippen molar-refractivity contribution in [2.75, 3.05) is 13.1 Å². The number of nitrogens with zero attached hydrogens (tertiary/aromatic N) is 1. The number of amides is 1. The van der Waals surface area contributed by atoms with Gasteiger partial charge in [-0.25, -0.2) is 0 Å². The minimum Gasteiger partial charge on any atom is -0.353 e. The fraction of sp³-hybridized carbons (Fsp3) is 0.650. The third kappa shape index (κ3) is 6.73. The van der Waals surface area contributed by atoms with Crippen molar-refractivity contribution in [2.24, 2.45) is 5.73 Å². The van der Waals surface area contributed by atoms with Crippen LogP contribution in [0.15, 0.2) is 30.3 Å². The number of piperidine rings is 1. The Morgan fingerprint density at radius 1 is 1.04 bits per heavy atom. The Morgan fingerprint density at radius 3 is 2.27 bits per heavy atom. The van der Waals surface area contributed by atoms with E-state index in [4.69, 9.17) is 5.73 Å². The zero-order chi connectivity index (χ0) is 16.8. The molecule has 1 aromatic rings. The lowest BCUT2D eigenvalue weighted by Crippen LogP contribution is -2.48. The van der Waals surface area contributed by atoms with Crippen molar-refractivity contribution in [2.45, 2.75) is 69.5 Å². The van der Waals surface area contributed by atoms with Crippen molar-refractivity contribution in [1.29, 1.82) is 0 Å². The van der Waals surface area contributed by atoms with Crippen molar-refractivity contribution >= 4 is 30.7 Å². The van der Waals surface area contributed by atoms with E-state index in [1.807, 2.05) is 30.3 Å². The smallest absolute Gasteiger partial charge is 0.222 e. The first-order chi connectivity index (χ1) is 11.7. The molecule has 1 heterocycles. The minimum atomic E-state index is -0.214. The Morgan fingerprint density at radius 2 is 1.65 bits per heavy atom. The van der Waals surface area contributed by atoms with Crippen molar-refractivity contribution in [3.05, 3.63) is 35.9 Å². The number of hydrogen-bond donors (Lipinski definition) is 2. The van der Waals surface area contributed by atoms with E-state index in [-0.39, 0.29) is 36.8 Å². The van der Waals surface area contributed by atoms with Gasteiger partial charge < -0.3 is 16.0 Å².